The van der Waals surface area contributed by atoms with Gasteiger partial charge in [-0.1, -0.05) is 19.9 Å². The van der Waals surface area contributed by atoms with Gasteiger partial charge < -0.3 is 19.5 Å². The fourth-order valence-electron chi connectivity index (χ4n) is 1.47. The molecule has 0 aliphatic heterocycles. The summed E-state index contributed by atoms with van der Waals surface area (Å²) in [6.07, 6.45) is 0. The molecule has 0 aliphatic rings. The van der Waals surface area contributed by atoms with Gasteiger partial charge in [0.25, 0.3) is 5.91 Å². The lowest BCUT2D eigenvalue weighted by Crippen LogP contribution is -2.31. The summed E-state index contributed by atoms with van der Waals surface area (Å²) in [4.78, 5) is 11.6. The number of benzene rings is 1. The molecule has 0 spiro atoms. The van der Waals surface area contributed by atoms with Crippen molar-refractivity contribution < 1.29 is 19.0 Å². The Hall–Kier alpha value is -1.91. The predicted octanol–water partition coefficient (Wildman–Crippen LogP) is 1.85. The van der Waals surface area contributed by atoms with Gasteiger partial charge in [0.2, 0.25) is 5.75 Å². The van der Waals surface area contributed by atoms with Crippen molar-refractivity contribution >= 4 is 5.91 Å². The van der Waals surface area contributed by atoms with E-state index in [-0.39, 0.29) is 12.5 Å². The zero-order valence-electron chi connectivity index (χ0n) is 11.9. The topological polar surface area (TPSA) is 56.8 Å². The number of nitrogens with one attached hydrogen (secondary N) is 1. The van der Waals surface area contributed by atoms with Crippen molar-refractivity contribution in [2.45, 2.75) is 13.8 Å². The first-order valence-electron chi connectivity index (χ1n) is 6.19. The molecule has 0 saturated carbocycles. The van der Waals surface area contributed by atoms with E-state index < -0.39 is 0 Å². The monoisotopic (exact) mass is 267 g/mol. The molecule has 0 aliphatic carbocycles. The van der Waals surface area contributed by atoms with Crippen molar-refractivity contribution in [1.29, 1.82) is 0 Å². The number of methoxy groups -OCH3 is 2. The van der Waals surface area contributed by atoms with Gasteiger partial charge in [0.05, 0.1) is 14.2 Å². The van der Waals surface area contributed by atoms with E-state index in [1.807, 2.05) is 13.8 Å². The normalized spacial score (nSPS) is 10.2. The van der Waals surface area contributed by atoms with Crippen molar-refractivity contribution in [2.75, 3.05) is 27.4 Å². The molecule has 19 heavy (non-hydrogen) atoms. The Kier molecular flexibility index (Phi) is 5.99. The highest BCUT2D eigenvalue weighted by atomic mass is 16.5. The average Bonchev–Trinajstić information content (AvgIpc) is 2.42. The number of carbonyl (C=O) groups is 1. The third-order valence-electron chi connectivity index (χ3n) is 2.44. The molecule has 0 fully saturated rings. The third-order valence-corrected chi connectivity index (χ3v) is 2.44. The number of ether oxygens (including phenoxy) is 3. The summed E-state index contributed by atoms with van der Waals surface area (Å²) in [7, 11) is 3.08. The summed E-state index contributed by atoms with van der Waals surface area (Å²) in [5, 5.41) is 2.78. The summed E-state index contributed by atoms with van der Waals surface area (Å²) in [5.74, 6) is 1.76. The van der Waals surface area contributed by atoms with Gasteiger partial charge in [0.1, 0.15) is 0 Å². The molecule has 1 rings (SSSR count). The summed E-state index contributed by atoms with van der Waals surface area (Å²) in [6, 6.07) is 5.30. The number of amides is 1. The Morgan fingerprint density at radius 1 is 1.21 bits per heavy atom. The number of carbonyl (C=O) groups excluding carboxylic acids is 1. The van der Waals surface area contributed by atoms with Gasteiger partial charge in [0, 0.05) is 6.54 Å². The first-order chi connectivity index (χ1) is 9.08. The van der Waals surface area contributed by atoms with Crippen LogP contribution < -0.4 is 19.5 Å². The van der Waals surface area contributed by atoms with Gasteiger partial charge in [-0.15, -0.1) is 0 Å². The minimum atomic E-state index is -0.165. The lowest BCUT2D eigenvalue weighted by atomic mass is 10.2. The Balaban J connectivity index is 2.63. The van der Waals surface area contributed by atoms with Gasteiger partial charge in [-0.25, -0.2) is 0 Å². The molecule has 1 aromatic rings. The molecule has 0 atom stereocenters. The molecule has 5 nitrogen and oxygen atoms in total. The van der Waals surface area contributed by atoms with Crippen molar-refractivity contribution in [3.05, 3.63) is 18.2 Å². The maximum absolute atomic E-state index is 11.6. The Labute approximate surface area is 113 Å². The second-order valence-electron chi connectivity index (χ2n) is 4.48. The number of para-hydroxylation sites is 1. The van der Waals surface area contributed by atoms with E-state index in [0.717, 1.165) is 0 Å². The van der Waals surface area contributed by atoms with Crippen LogP contribution >= 0.6 is 0 Å². The molecule has 106 valence electrons. The van der Waals surface area contributed by atoms with Crippen molar-refractivity contribution in [3.8, 4) is 17.2 Å². The fraction of sp³-hybridized carbons (Fsp3) is 0.500. The van der Waals surface area contributed by atoms with E-state index in [9.17, 15) is 4.79 Å². The largest absolute Gasteiger partial charge is 0.493 e. The molecular weight excluding hydrogens is 246 g/mol. The van der Waals surface area contributed by atoms with E-state index in [1.54, 1.807) is 32.4 Å². The first kappa shape index (κ1) is 15.1. The lowest BCUT2D eigenvalue weighted by molar-refractivity contribution is -0.123. The van der Waals surface area contributed by atoms with Crippen LogP contribution in [0.2, 0.25) is 0 Å². The van der Waals surface area contributed by atoms with Crippen LogP contribution in [0.15, 0.2) is 18.2 Å². The summed E-state index contributed by atoms with van der Waals surface area (Å²) in [6.45, 7) is 4.63. The van der Waals surface area contributed by atoms with E-state index in [2.05, 4.69) is 5.32 Å². The molecular formula is C14H21NO4. The standard InChI is InChI=1S/C14H21NO4/c1-10(2)8-15-13(16)9-19-14-11(17-3)6-5-7-12(14)18-4/h5-7,10H,8-9H2,1-4H3,(H,15,16). The Morgan fingerprint density at radius 2 is 1.79 bits per heavy atom. The molecule has 1 aromatic carbocycles. The highest BCUT2D eigenvalue weighted by molar-refractivity contribution is 5.77. The molecule has 0 aromatic heterocycles. The molecule has 5 heteroatoms. The van der Waals surface area contributed by atoms with Crippen LogP contribution in [0.25, 0.3) is 0 Å². The predicted molar refractivity (Wildman–Crippen MR) is 72.9 cm³/mol. The second-order valence-corrected chi connectivity index (χ2v) is 4.48. The van der Waals surface area contributed by atoms with E-state index in [4.69, 9.17) is 14.2 Å². The third kappa shape index (κ3) is 4.69. The fourth-order valence-corrected chi connectivity index (χ4v) is 1.47. The lowest BCUT2D eigenvalue weighted by Gasteiger charge is -2.14. The zero-order valence-corrected chi connectivity index (χ0v) is 11.9. The van der Waals surface area contributed by atoms with Crippen LogP contribution in [-0.2, 0) is 4.79 Å². The zero-order chi connectivity index (χ0) is 14.3. The molecule has 0 unspecified atom stereocenters. The van der Waals surface area contributed by atoms with E-state index in [1.165, 1.54) is 0 Å². The SMILES string of the molecule is COc1cccc(OC)c1OCC(=O)NCC(C)C. The molecule has 0 heterocycles. The Morgan fingerprint density at radius 3 is 2.26 bits per heavy atom. The van der Waals surface area contributed by atoms with Gasteiger partial charge in [0.15, 0.2) is 18.1 Å². The van der Waals surface area contributed by atoms with Crippen LogP contribution in [0.5, 0.6) is 17.2 Å². The molecule has 0 bridgehead atoms. The van der Waals surface area contributed by atoms with Gasteiger partial charge in [-0.05, 0) is 18.1 Å². The van der Waals surface area contributed by atoms with Crippen LogP contribution in [0.1, 0.15) is 13.8 Å². The average molecular weight is 267 g/mol. The van der Waals surface area contributed by atoms with Crippen molar-refractivity contribution in [3.63, 3.8) is 0 Å². The van der Waals surface area contributed by atoms with E-state index in [0.29, 0.717) is 29.7 Å². The van der Waals surface area contributed by atoms with Crippen molar-refractivity contribution in [2.24, 2.45) is 5.92 Å². The number of rotatable bonds is 7. The summed E-state index contributed by atoms with van der Waals surface area (Å²) >= 11 is 0. The van der Waals surface area contributed by atoms with Crippen LogP contribution in [0.4, 0.5) is 0 Å². The summed E-state index contributed by atoms with van der Waals surface area (Å²) in [5.41, 5.74) is 0. The van der Waals surface area contributed by atoms with Crippen LogP contribution in [0.3, 0.4) is 0 Å². The molecule has 0 saturated heterocycles. The summed E-state index contributed by atoms with van der Waals surface area (Å²) < 4.78 is 15.8. The molecule has 0 radical (unpaired) electrons. The van der Waals surface area contributed by atoms with E-state index >= 15 is 0 Å². The quantitative estimate of drug-likeness (QED) is 0.819. The molecule has 1 N–H and O–H groups in total. The van der Waals surface area contributed by atoms with Gasteiger partial charge >= 0.3 is 0 Å². The highest BCUT2D eigenvalue weighted by Crippen LogP contribution is 2.36. The number of hydrogen-bond donors (Lipinski definition) is 1. The molecule has 1 amide bonds. The highest BCUT2D eigenvalue weighted by Gasteiger charge is 2.13. The van der Waals surface area contributed by atoms with Crippen molar-refractivity contribution in [1.82, 2.24) is 5.32 Å². The minimum Gasteiger partial charge on any atom is -0.493 e. The van der Waals surface area contributed by atoms with Gasteiger partial charge in [-0.2, -0.15) is 0 Å². The van der Waals surface area contributed by atoms with Gasteiger partial charge in [-0.3, -0.25) is 4.79 Å². The smallest absolute Gasteiger partial charge is 0.257 e. The Bertz CT molecular complexity index is 396. The second kappa shape index (κ2) is 7.51. The first-order valence-corrected chi connectivity index (χ1v) is 6.19. The maximum Gasteiger partial charge on any atom is 0.257 e. The van der Waals surface area contributed by atoms with Crippen LogP contribution in [0, 0.1) is 5.92 Å². The minimum absolute atomic E-state index is 0.0660. The maximum atomic E-state index is 11.6. The van der Waals surface area contributed by atoms with Crippen LogP contribution in [-0.4, -0.2) is 33.3 Å². The number of hydrogen-bond acceptors (Lipinski definition) is 4.